The fraction of sp³-hybridized carbons (Fsp3) is 0.385. The van der Waals surface area contributed by atoms with E-state index in [1.807, 2.05) is 13.1 Å². The molecule has 0 bridgehead atoms. The van der Waals surface area contributed by atoms with Crippen LogP contribution in [0.1, 0.15) is 11.3 Å². The molecule has 16 heavy (non-hydrogen) atoms. The van der Waals surface area contributed by atoms with E-state index in [-0.39, 0.29) is 0 Å². The highest BCUT2D eigenvalue weighted by atomic mass is 16.5. The quantitative estimate of drug-likeness (QED) is 0.855. The molecule has 0 aliphatic heterocycles. The smallest absolute Gasteiger partial charge is 0.119 e. The van der Waals surface area contributed by atoms with E-state index >= 15 is 0 Å². The SMILES string of the molecule is CNCc1c(C)n(C)c2ccc(OC)cc12. The van der Waals surface area contributed by atoms with E-state index in [9.17, 15) is 0 Å². The lowest BCUT2D eigenvalue weighted by Crippen LogP contribution is -2.06. The van der Waals surface area contributed by atoms with E-state index in [0.29, 0.717) is 0 Å². The fourth-order valence-electron chi connectivity index (χ4n) is 2.15. The van der Waals surface area contributed by atoms with Crippen molar-refractivity contribution in [2.24, 2.45) is 7.05 Å². The van der Waals surface area contributed by atoms with Gasteiger partial charge >= 0.3 is 0 Å². The van der Waals surface area contributed by atoms with Gasteiger partial charge in [0.2, 0.25) is 0 Å². The second-order valence-corrected chi connectivity index (χ2v) is 4.04. The van der Waals surface area contributed by atoms with Crippen LogP contribution in [0.15, 0.2) is 18.2 Å². The topological polar surface area (TPSA) is 26.2 Å². The summed E-state index contributed by atoms with van der Waals surface area (Å²) >= 11 is 0. The number of ether oxygens (including phenoxy) is 1. The summed E-state index contributed by atoms with van der Waals surface area (Å²) < 4.78 is 7.50. The molecular weight excluding hydrogens is 200 g/mol. The van der Waals surface area contributed by atoms with Crippen LogP contribution in [0.3, 0.4) is 0 Å². The maximum absolute atomic E-state index is 5.27. The van der Waals surface area contributed by atoms with Crippen LogP contribution in [0.2, 0.25) is 0 Å². The van der Waals surface area contributed by atoms with Crippen molar-refractivity contribution in [2.45, 2.75) is 13.5 Å². The number of hydrogen-bond acceptors (Lipinski definition) is 2. The molecule has 1 heterocycles. The van der Waals surface area contributed by atoms with E-state index in [1.54, 1.807) is 7.11 Å². The van der Waals surface area contributed by atoms with Crippen molar-refractivity contribution >= 4 is 10.9 Å². The highest BCUT2D eigenvalue weighted by molar-refractivity contribution is 5.86. The number of benzene rings is 1. The molecule has 2 rings (SSSR count). The van der Waals surface area contributed by atoms with Gasteiger partial charge in [0.05, 0.1) is 7.11 Å². The van der Waals surface area contributed by atoms with Crippen molar-refractivity contribution in [3.8, 4) is 5.75 Å². The lowest BCUT2D eigenvalue weighted by molar-refractivity contribution is 0.415. The van der Waals surface area contributed by atoms with Crippen molar-refractivity contribution in [1.29, 1.82) is 0 Å². The van der Waals surface area contributed by atoms with Gasteiger partial charge in [-0.3, -0.25) is 0 Å². The Balaban J connectivity index is 2.70. The van der Waals surface area contributed by atoms with Gasteiger partial charge in [0.1, 0.15) is 5.75 Å². The highest BCUT2D eigenvalue weighted by Crippen LogP contribution is 2.28. The molecule has 0 aliphatic rings. The monoisotopic (exact) mass is 218 g/mol. The predicted molar refractivity (Wildman–Crippen MR) is 67.0 cm³/mol. The van der Waals surface area contributed by atoms with Crippen LogP contribution in [-0.2, 0) is 13.6 Å². The normalized spacial score (nSPS) is 11.0. The van der Waals surface area contributed by atoms with Gasteiger partial charge in [0.15, 0.2) is 0 Å². The molecule has 0 saturated heterocycles. The average molecular weight is 218 g/mol. The first kappa shape index (κ1) is 11.0. The second-order valence-electron chi connectivity index (χ2n) is 4.04. The molecule has 0 amide bonds. The standard InChI is InChI=1S/C13H18N2O/c1-9-12(8-14-2)11-7-10(16-4)5-6-13(11)15(9)3/h5-7,14H,8H2,1-4H3. The minimum absolute atomic E-state index is 0.885. The lowest BCUT2D eigenvalue weighted by atomic mass is 10.1. The highest BCUT2D eigenvalue weighted by Gasteiger charge is 2.11. The van der Waals surface area contributed by atoms with Crippen LogP contribution >= 0.6 is 0 Å². The van der Waals surface area contributed by atoms with Crippen LogP contribution in [0.5, 0.6) is 5.75 Å². The first-order chi connectivity index (χ1) is 7.69. The van der Waals surface area contributed by atoms with Crippen molar-refractivity contribution < 1.29 is 4.74 Å². The summed E-state index contributed by atoms with van der Waals surface area (Å²) in [6.07, 6.45) is 0. The molecule has 86 valence electrons. The minimum Gasteiger partial charge on any atom is -0.497 e. The fourth-order valence-corrected chi connectivity index (χ4v) is 2.15. The van der Waals surface area contributed by atoms with Crippen LogP contribution < -0.4 is 10.1 Å². The van der Waals surface area contributed by atoms with Crippen LogP contribution in [0.4, 0.5) is 0 Å². The molecule has 0 radical (unpaired) electrons. The summed E-state index contributed by atoms with van der Waals surface area (Å²) in [6.45, 7) is 3.04. The third-order valence-corrected chi connectivity index (χ3v) is 3.18. The Morgan fingerprint density at radius 1 is 1.38 bits per heavy atom. The molecule has 0 atom stereocenters. The zero-order valence-electron chi connectivity index (χ0n) is 10.3. The lowest BCUT2D eigenvalue weighted by Gasteiger charge is -2.02. The predicted octanol–water partition coefficient (Wildman–Crippen LogP) is 2.21. The second kappa shape index (κ2) is 4.18. The van der Waals surface area contributed by atoms with Crippen LogP contribution in [-0.4, -0.2) is 18.7 Å². The number of nitrogens with zero attached hydrogens (tertiary/aromatic N) is 1. The number of aromatic nitrogens is 1. The van der Waals surface area contributed by atoms with Crippen molar-refractivity contribution in [3.63, 3.8) is 0 Å². The van der Waals surface area contributed by atoms with E-state index in [2.05, 4.69) is 36.0 Å². The molecule has 0 saturated carbocycles. The van der Waals surface area contributed by atoms with Crippen LogP contribution in [0, 0.1) is 6.92 Å². The van der Waals surface area contributed by atoms with E-state index in [4.69, 9.17) is 4.74 Å². The summed E-state index contributed by atoms with van der Waals surface area (Å²) in [5.41, 5.74) is 3.90. The Morgan fingerprint density at radius 2 is 2.12 bits per heavy atom. The number of aryl methyl sites for hydroxylation is 1. The van der Waals surface area contributed by atoms with E-state index < -0.39 is 0 Å². The Hall–Kier alpha value is -1.48. The van der Waals surface area contributed by atoms with Gasteiger partial charge in [-0.15, -0.1) is 0 Å². The molecule has 0 fully saturated rings. The zero-order valence-corrected chi connectivity index (χ0v) is 10.3. The van der Waals surface area contributed by atoms with Gasteiger partial charge < -0.3 is 14.6 Å². The third-order valence-electron chi connectivity index (χ3n) is 3.18. The van der Waals surface area contributed by atoms with Crippen molar-refractivity contribution in [3.05, 3.63) is 29.5 Å². The molecule has 3 heteroatoms. The number of methoxy groups -OCH3 is 1. The summed E-state index contributed by atoms with van der Waals surface area (Å²) in [5.74, 6) is 0.912. The van der Waals surface area contributed by atoms with E-state index in [0.717, 1.165) is 12.3 Å². The molecule has 3 nitrogen and oxygen atoms in total. The third kappa shape index (κ3) is 1.57. The Morgan fingerprint density at radius 3 is 2.75 bits per heavy atom. The summed E-state index contributed by atoms with van der Waals surface area (Å²) in [5, 5.41) is 4.49. The molecule has 0 spiro atoms. The number of nitrogens with one attached hydrogen (secondary N) is 1. The van der Waals surface area contributed by atoms with Crippen molar-refractivity contribution in [2.75, 3.05) is 14.2 Å². The number of fused-ring (bicyclic) bond motifs is 1. The van der Waals surface area contributed by atoms with E-state index in [1.165, 1.54) is 22.2 Å². The molecule has 2 aromatic rings. The Kier molecular flexibility index (Phi) is 2.88. The number of hydrogen-bond donors (Lipinski definition) is 1. The molecule has 1 N–H and O–H groups in total. The Labute approximate surface area is 96.0 Å². The van der Waals surface area contributed by atoms with Gasteiger partial charge in [-0.25, -0.2) is 0 Å². The van der Waals surface area contributed by atoms with Crippen LogP contribution in [0.25, 0.3) is 10.9 Å². The maximum Gasteiger partial charge on any atom is 0.119 e. The van der Waals surface area contributed by atoms with Gasteiger partial charge in [0, 0.05) is 30.2 Å². The maximum atomic E-state index is 5.27. The van der Waals surface area contributed by atoms with Gasteiger partial charge in [-0.1, -0.05) is 0 Å². The minimum atomic E-state index is 0.885. The summed E-state index contributed by atoms with van der Waals surface area (Å²) in [7, 11) is 5.77. The molecule has 0 aliphatic carbocycles. The average Bonchev–Trinajstić information content (AvgIpc) is 2.54. The van der Waals surface area contributed by atoms with Gasteiger partial charge in [-0.2, -0.15) is 0 Å². The molecule has 1 aromatic heterocycles. The largest absolute Gasteiger partial charge is 0.497 e. The zero-order chi connectivity index (χ0) is 11.7. The molecule has 1 aromatic carbocycles. The summed E-state index contributed by atoms with van der Waals surface area (Å²) in [6, 6.07) is 6.22. The number of rotatable bonds is 3. The molecular formula is C13H18N2O. The first-order valence-electron chi connectivity index (χ1n) is 5.45. The molecule has 0 unspecified atom stereocenters. The first-order valence-corrected chi connectivity index (χ1v) is 5.45. The Bertz CT molecular complexity index is 514. The van der Waals surface area contributed by atoms with Gasteiger partial charge in [-0.05, 0) is 37.7 Å². The van der Waals surface area contributed by atoms with Crippen molar-refractivity contribution in [1.82, 2.24) is 9.88 Å². The van der Waals surface area contributed by atoms with Gasteiger partial charge in [0.25, 0.3) is 0 Å². The summed E-state index contributed by atoms with van der Waals surface area (Å²) in [4.78, 5) is 0.